The lowest BCUT2D eigenvalue weighted by Gasteiger charge is -2.31. The molecule has 1 saturated carbocycles. The molecular weight excluding hydrogens is 216 g/mol. The van der Waals surface area contributed by atoms with Gasteiger partial charge in [-0.25, -0.2) is 0 Å². The fourth-order valence-corrected chi connectivity index (χ4v) is 2.44. The lowest BCUT2D eigenvalue weighted by Crippen LogP contribution is -2.44. The van der Waals surface area contributed by atoms with Crippen LogP contribution in [0.1, 0.15) is 45.4 Å². The Balaban J connectivity index is 2.19. The van der Waals surface area contributed by atoms with E-state index < -0.39 is 0 Å². The van der Waals surface area contributed by atoms with Crippen molar-refractivity contribution >= 4 is 5.91 Å². The van der Waals surface area contributed by atoms with Crippen molar-refractivity contribution in [3.05, 3.63) is 0 Å². The summed E-state index contributed by atoms with van der Waals surface area (Å²) in [6, 6.07) is 0.299. The summed E-state index contributed by atoms with van der Waals surface area (Å²) in [7, 11) is 0. The number of nitrogens with one attached hydrogen (secondary N) is 1. The summed E-state index contributed by atoms with van der Waals surface area (Å²) < 4.78 is 5.22. The van der Waals surface area contributed by atoms with E-state index in [0.29, 0.717) is 31.5 Å². The van der Waals surface area contributed by atoms with Gasteiger partial charge in [0.25, 0.3) is 0 Å². The van der Waals surface area contributed by atoms with Gasteiger partial charge in [-0.2, -0.15) is 0 Å². The van der Waals surface area contributed by atoms with Gasteiger partial charge in [-0.15, -0.1) is 0 Å². The van der Waals surface area contributed by atoms with Crippen LogP contribution in [-0.2, 0) is 9.53 Å². The number of carbonyl (C=O) groups is 1. The van der Waals surface area contributed by atoms with Gasteiger partial charge in [0.2, 0.25) is 5.91 Å². The van der Waals surface area contributed by atoms with Gasteiger partial charge in [-0.05, 0) is 38.6 Å². The molecule has 17 heavy (non-hydrogen) atoms. The molecule has 4 heteroatoms. The minimum atomic E-state index is 0.148. The summed E-state index contributed by atoms with van der Waals surface area (Å²) in [4.78, 5) is 11.7. The van der Waals surface area contributed by atoms with Crippen LogP contribution in [0.15, 0.2) is 0 Å². The van der Waals surface area contributed by atoms with Crippen molar-refractivity contribution in [2.24, 2.45) is 11.7 Å². The number of ether oxygens (including phenoxy) is 1. The second kappa shape index (κ2) is 8.48. The Kier molecular flexibility index (Phi) is 7.21. The highest BCUT2D eigenvalue weighted by Gasteiger charge is 2.24. The van der Waals surface area contributed by atoms with Gasteiger partial charge in [-0.1, -0.05) is 12.8 Å². The SMILES string of the molecule is CCOCCCC(=O)NC1CCCCC1CN. The van der Waals surface area contributed by atoms with Crippen molar-refractivity contribution in [3.63, 3.8) is 0 Å². The van der Waals surface area contributed by atoms with Crippen molar-refractivity contribution in [2.75, 3.05) is 19.8 Å². The van der Waals surface area contributed by atoms with Gasteiger partial charge in [0.1, 0.15) is 0 Å². The maximum Gasteiger partial charge on any atom is 0.220 e. The van der Waals surface area contributed by atoms with E-state index in [1.54, 1.807) is 0 Å². The molecule has 0 bridgehead atoms. The Morgan fingerprint density at radius 3 is 2.88 bits per heavy atom. The summed E-state index contributed by atoms with van der Waals surface area (Å²) in [6.45, 7) is 4.05. The van der Waals surface area contributed by atoms with E-state index in [1.165, 1.54) is 12.8 Å². The first-order chi connectivity index (χ1) is 8.27. The molecule has 0 radical (unpaired) electrons. The van der Waals surface area contributed by atoms with Crippen LogP contribution in [-0.4, -0.2) is 31.7 Å². The maximum absolute atomic E-state index is 11.7. The molecule has 2 unspecified atom stereocenters. The molecule has 0 aromatic carbocycles. The molecule has 0 saturated heterocycles. The number of rotatable bonds is 7. The first kappa shape index (κ1) is 14.5. The third-order valence-corrected chi connectivity index (χ3v) is 3.45. The van der Waals surface area contributed by atoms with Crippen LogP contribution in [0.3, 0.4) is 0 Å². The third-order valence-electron chi connectivity index (χ3n) is 3.45. The molecular formula is C13H26N2O2. The van der Waals surface area contributed by atoms with E-state index in [4.69, 9.17) is 10.5 Å². The largest absolute Gasteiger partial charge is 0.382 e. The van der Waals surface area contributed by atoms with Crippen molar-refractivity contribution in [1.29, 1.82) is 0 Å². The topological polar surface area (TPSA) is 64.3 Å². The highest BCUT2D eigenvalue weighted by atomic mass is 16.5. The van der Waals surface area contributed by atoms with Crippen LogP contribution in [0.5, 0.6) is 0 Å². The van der Waals surface area contributed by atoms with Crippen LogP contribution >= 0.6 is 0 Å². The minimum Gasteiger partial charge on any atom is -0.382 e. The molecule has 0 aromatic heterocycles. The zero-order chi connectivity index (χ0) is 12.5. The Bertz CT molecular complexity index is 221. The van der Waals surface area contributed by atoms with Crippen molar-refractivity contribution in [2.45, 2.75) is 51.5 Å². The van der Waals surface area contributed by atoms with E-state index in [2.05, 4.69) is 5.32 Å². The lowest BCUT2D eigenvalue weighted by atomic mass is 9.84. The number of carbonyl (C=O) groups excluding carboxylic acids is 1. The van der Waals surface area contributed by atoms with Gasteiger partial charge in [0.05, 0.1) is 0 Å². The molecule has 4 nitrogen and oxygen atoms in total. The summed E-state index contributed by atoms with van der Waals surface area (Å²) in [5.74, 6) is 0.620. The number of amides is 1. The molecule has 1 aliphatic carbocycles. The standard InChI is InChI=1S/C13H26N2O2/c1-2-17-9-5-8-13(16)15-12-7-4-3-6-11(12)10-14/h11-12H,2-10,14H2,1H3,(H,15,16). The first-order valence-corrected chi connectivity index (χ1v) is 6.85. The van der Waals surface area contributed by atoms with E-state index in [0.717, 1.165) is 25.9 Å². The molecule has 1 rings (SSSR count). The molecule has 1 aliphatic rings. The maximum atomic E-state index is 11.7. The monoisotopic (exact) mass is 242 g/mol. The molecule has 100 valence electrons. The third kappa shape index (κ3) is 5.50. The van der Waals surface area contributed by atoms with Crippen LogP contribution < -0.4 is 11.1 Å². The highest BCUT2D eigenvalue weighted by molar-refractivity contribution is 5.76. The summed E-state index contributed by atoms with van der Waals surface area (Å²) in [5, 5.41) is 3.12. The summed E-state index contributed by atoms with van der Waals surface area (Å²) in [5.41, 5.74) is 5.74. The molecule has 0 heterocycles. The molecule has 0 spiro atoms. The average Bonchev–Trinajstić information content (AvgIpc) is 2.35. The quantitative estimate of drug-likeness (QED) is 0.664. The molecule has 0 aromatic rings. The van der Waals surface area contributed by atoms with Crippen LogP contribution in [0.4, 0.5) is 0 Å². The van der Waals surface area contributed by atoms with Gasteiger partial charge in [0.15, 0.2) is 0 Å². The van der Waals surface area contributed by atoms with E-state index in [9.17, 15) is 4.79 Å². The molecule has 1 amide bonds. The van der Waals surface area contributed by atoms with E-state index >= 15 is 0 Å². The highest BCUT2D eigenvalue weighted by Crippen LogP contribution is 2.23. The van der Waals surface area contributed by atoms with E-state index in [-0.39, 0.29) is 5.91 Å². The van der Waals surface area contributed by atoms with Gasteiger partial charge in [-0.3, -0.25) is 4.79 Å². The van der Waals surface area contributed by atoms with E-state index in [1.807, 2.05) is 6.92 Å². The number of nitrogens with two attached hydrogens (primary N) is 1. The van der Waals surface area contributed by atoms with Crippen LogP contribution in [0.25, 0.3) is 0 Å². The molecule has 1 fully saturated rings. The fourth-order valence-electron chi connectivity index (χ4n) is 2.44. The van der Waals surface area contributed by atoms with Gasteiger partial charge >= 0.3 is 0 Å². The second-order valence-corrected chi connectivity index (χ2v) is 4.75. The van der Waals surface area contributed by atoms with Crippen molar-refractivity contribution in [3.8, 4) is 0 Å². The number of hydrogen-bond acceptors (Lipinski definition) is 3. The number of hydrogen-bond donors (Lipinski definition) is 2. The van der Waals surface area contributed by atoms with Crippen molar-refractivity contribution in [1.82, 2.24) is 5.32 Å². The van der Waals surface area contributed by atoms with Gasteiger partial charge < -0.3 is 15.8 Å². The summed E-state index contributed by atoms with van der Waals surface area (Å²) in [6.07, 6.45) is 6.06. The zero-order valence-corrected chi connectivity index (χ0v) is 10.9. The predicted molar refractivity (Wildman–Crippen MR) is 68.7 cm³/mol. The second-order valence-electron chi connectivity index (χ2n) is 4.75. The molecule has 0 aliphatic heterocycles. The lowest BCUT2D eigenvalue weighted by molar-refractivity contribution is -0.122. The molecule has 3 N–H and O–H groups in total. The Labute approximate surface area is 104 Å². The molecule has 2 atom stereocenters. The van der Waals surface area contributed by atoms with Gasteiger partial charge in [0, 0.05) is 25.7 Å². The van der Waals surface area contributed by atoms with Crippen LogP contribution in [0, 0.1) is 5.92 Å². The Morgan fingerprint density at radius 1 is 1.41 bits per heavy atom. The minimum absolute atomic E-state index is 0.148. The zero-order valence-electron chi connectivity index (χ0n) is 10.9. The summed E-state index contributed by atoms with van der Waals surface area (Å²) >= 11 is 0. The predicted octanol–water partition coefficient (Wildman–Crippen LogP) is 1.44. The Hall–Kier alpha value is -0.610. The van der Waals surface area contributed by atoms with Crippen LogP contribution in [0.2, 0.25) is 0 Å². The Morgan fingerprint density at radius 2 is 2.18 bits per heavy atom. The fraction of sp³-hybridized carbons (Fsp3) is 0.923. The van der Waals surface area contributed by atoms with Crippen molar-refractivity contribution < 1.29 is 9.53 Å². The smallest absolute Gasteiger partial charge is 0.220 e. The average molecular weight is 242 g/mol. The first-order valence-electron chi connectivity index (χ1n) is 6.85. The normalized spacial score (nSPS) is 24.6.